The summed E-state index contributed by atoms with van der Waals surface area (Å²) in [7, 11) is 3.95. The summed E-state index contributed by atoms with van der Waals surface area (Å²) < 4.78 is 9.47. The highest BCUT2D eigenvalue weighted by molar-refractivity contribution is 7.99. The zero-order valence-corrected chi connectivity index (χ0v) is 20.5. The number of amides is 3. The molecule has 3 rings (SSSR count). The molecule has 0 bridgehead atoms. The third-order valence-electron chi connectivity index (χ3n) is 5.97. The van der Waals surface area contributed by atoms with Gasteiger partial charge in [0, 0.05) is 40.0 Å². The molecule has 10 heteroatoms. The number of hydrogen-bond acceptors (Lipinski definition) is 5. The van der Waals surface area contributed by atoms with Crippen molar-refractivity contribution in [2.45, 2.75) is 25.6 Å². The molecule has 1 aliphatic heterocycles. The number of nitrogens with one attached hydrogen (secondary N) is 1. The molecule has 0 unspecified atom stereocenters. The van der Waals surface area contributed by atoms with E-state index in [1.54, 1.807) is 9.80 Å². The Kier molecular flexibility index (Phi) is 8.37. The molecular formula is C23H32N5O4S+. The first-order valence-corrected chi connectivity index (χ1v) is 11.9. The second kappa shape index (κ2) is 11.2. The quantitative estimate of drug-likeness (QED) is 0.481. The van der Waals surface area contributed by atoms with Crippen LogP contribution in [0.2, 0.25) is 0 Å². The fourth-order valence-electron chi connectivity index (χ4n) is 3.61. The first kappa shape index (κ1) is 24.6. The SMILES string of the molecule is Cc1c(C)[n+](C)c(SCC(=O)NCC(=O)N2CCN(C(=O)OCc3ccccc3)CC2)n1C. The summed E-state index contributed by atoms with van der Waals surface area (Å²) in [6.07, 6.45) is -0.379. The van der Waals surface area contributed by atoms with E-state index in [4.69, 9.17) is 4.74 Å². The zero-order valence-electron chi connectivity index (χ0n) is 19.7. The Hall–Kier alpha value is -3.01. The maximum atomic E-state index is 12.5. The number of imidazole rings is 1. The number of rotatable bonds is 7. The van der Waals surface area contributed by atoms with E-state index in [1.165, 1.54) is 11.8 Å². The normalized spacial score (nSPS) is 13.7. The third kappa shape index (κ3) is 6.28. The number of thioether (sulfide) groups is 1. The lowest BCUT2D eigenvalue weighted by atomic mass is 10.2. The highest BCUT2D eigenvalue weighted by Gasteiger charge is 2.26. The van der Waals surface area contributed by atoms with Crippen molar-refractivity contribution >= 4 is 29.7 Å². The number of aromatic nitrogens is 2. The minimum Gasteiger partial charge on any atom is -0.445 e. The van der Waals surface area contributed by atoms with Crippen LogP contribution in [0, 0.1) is 13.8 Å². The fourth-order valence-corrected chi connectivity index (χ4v) is 4.63. The van der Waals surface area contributed by atoms with Crippen LogP contribution in [0.4, 0.5) is 4.79 Å². The Labute approximate surface area is 198 Å². The first-order chi connectivity index (χ1) is 15.8. The van der Waals surface area contributed by atoms with Crippen molar-refractivity contribution < 1.29 is 23.7 Å². The van der Waals surface area contributed by atoms with Gasteiger partial charge in [-0.25, -0.2) is 13.9 Å². The van der Waals surface area contributed by atoms with Crippen LogP contribution in [0.3, 0.4) is 0 Å². The van der Waals surface area contributed by atoms with Gasteiger partial charge in [0.25, 0.3) is 0 Å². The lowest BCUT2D eigenvalue weighted by molar-refractivity contribution is -0.715. The second-order valence-corrected chi connectivity index (χ2v) is 8.99. The molecule has 1 saturated heterocycles. The summed E-state index contributed by atoms with van der Waals surface area (Å²) in [6, 6.07) is 9.51. The van der Waals surface area contributed by atoms with Gasteiger partial charge in [-0.05, 0) is 17.3 Å². The number of benzene rings is 1. The van der Waals surface area contributed by atoms with Crippen LogP contribution in [0.15, 0.2) is 35.5 Å². The molecule has 1 fully saturated rings. The maximum Gasteiger partial charge on any atom is 0.410 e. The maximum absolute atomic E-state index is 12.5. The van der Waals surface area contributed by atoms with Crippen molar-refractivity contribution in [1.82, 2.24) is 19.7 Å². The fraction of sp³-hybridized carbons (Fsp3) is 0.478. The number of carbonyl (C=O) groups is 3. The molecular weight excluding hydrogens is 442 g/mol. The van der Waals surface area contributed by atoms with Crippen molar-refractivity contribution in [1.29, 1.82) is 0 Å². The number of nitrogens with zero attached hydrogens (tertiary/aromatic N) is 4. The Morgan fingerprint density at radius 1 is 1.06 bits per heavy atom. The molecule has 0 saturated carbocycles. The summed E-state index contributed by atoms with van der Waals surface area (Å²) in [5, 5.41) is 3.70. The average molecular weight is 475 g/mol. The Morgan fingerprint density at radius 2 is 1.70 bits per heavy atom. The average Bonchev–Trinajstić information content (AvgIpc) is 3.02. The van der Waals surface area contributed by atoms with Gasteiger partial charge in [-0.1, -0.05) is 30.3 Å². The van der Waals surface area contributed by atoms with Crippen molar-refractivity contribution in [3.05, 3.63) is 47.3 Å². The van der Waals surface area contributed by atoms with Crippen LogP contribution >= 0.6 is 11.8 Å². The molecule has 2 heterocycles. The number of carbonyl (C=O) groups excluding carboxylic acids is 3. The van der Waals surface area contributed by atoms with Gasteiger partial charge in [-0.15, -0.1) is 0 Å². The molecule has 2 aromatic rings. The van der Waals surface area contributed by atoms with Crippen molar-refractivity contribution in [3.63, 3.8) is 0 Å². The van der Waals surface area contributed by atoms with E-state index in [2.05, 4.69) is 14.5 Å². The summed E-state index contributed by atoms with van der Waals surface area (Å²) in [4.78, 5) is 40.3. The van der Waals surface area contributed by atoms with Crippen molar-refractivity contribution in [2.24, 2.45) is 14.1 Å². The zero-order chi connectivity index (χ0) is 24.0. The topological polar surface area (TPSA) is 87.8 Å². The van der Waals surface area contributed by atoms with E-state index in [0.29, 0.717) is 26.2 Å². The minimum absolute atomic E-state index is 0.0465. The monoisotopic (exact) mass is 474 g/mol. The van der Waals surface area contributed by atoms with Gasteiger partial charge in [0.2, 0.25) is 11.8 Å². The molecule has 1 aromatic carbocycles. The van der Waals surface area contributed by atoms with Crippen LogP contribution < -0.4 is 9.88 Å². The second-order valence-electron chi connectivity index (χ2n) is 8.04. The Balaban J connectivity index is 1.36. The molecule has 0 atom stereocenters. The molecule has 0 aliphatic carbocycles. The molecule has 1 aromatic heterocycles. The number of ether oxygens (including phenoxy) is 1. The molecule has 1 N–H and O–H groups in total. The summed E-state index contributed by atoms with van der Waals surface area (Å²) in [5.74, 6) is -0.103. The van der Waals surface area contributed by atoms with Gasteiger partial charge in [0.15, 0.2) is 0 Å². The minimum atomic E-state index is -0.379. The van der Waals surface area contributed by atoms with E-state index in [0.717, 1.165) is 22.1 Å². The number of hydrogen-bond donors (Lipinski definition) is 1. The van der Waals surface area contributed by atoms with Crippen molar-refractivity contribution in [2.75, 3.05) is 38.5 Å². The van der Waals surface area contributed by atoms with Gasteiger partial charge >= 0.3 is 11.2 Å². The van der Waals surface area contributed by atoms with Crippen LogP contribution in [-0.4, -0.2) is 70.8 Å². The highest BCUT2D eigenvalue weighted by Crippen LogP contribution is 2.17. The van der Waals surface area contributed by atoms with E-state index >= 15 is 0 Å². The van der Waals surface area contributed by atoms with Gasteiger partial charge in [-0.2, -0.15) is 0 Å². The first-order valence-electron chi connectivity index (χ1n) is 10.9. The van der Waals surface area contributed by atoms with E-state index in [1.807, 2.05) is 58.3 Å². The molecule has 0 spiro atoms. The van der Waals surface area contributed by atoms with Crippen LogP contribution in [-0.2, 0) is 35.0 Å². The Bertz CT molecular complexity index is 975. The molecule has 9 nitrogen and oxygen atoms in total. The van der Waals surface area contributed by atoms with E-state index in [9.17, 15) is 14.4 Å². The molecule has 33 heavy (non-hydrogen) atoms. The molecule has 178 valence electrons. The smallest absolute Gasteiger partial charge is 0.410 e. The lowest BCUT2D eigenvalue weighted by Crippen LogP contribution is -2.52. The van der Waals surface area contributed by atoms with Crippen LogP contribution in [0.25, 0.3) is 0 Å². The third-order valence-corrected chi connectivity index (χ3v) is 7.18. The predicted octanol–water partition coefficient (Wildman–Crippen LogP) is 1.16. The molecule has 3 amide bonds. The standard InChI is InChI=1S/C23H31N5O4S/c1-17-18(2)26(4)22(25(17)3)33-16-20(29)24-14-21(30)27-10-12-28(13-11-27)23(31)32-15-19-8-6-5-7-9-19/h5-9H,10-16H2,1-4H3/p+1. The van der Waals surface area contributed by atoms with Gasteiger partial charge < -0.3 is 19.9 Å². The summed E-state index contributed by atoms with van der Waals surface area (Å²) in [6.45, 7) is 5.92. The summed E-state index contributed by atoms with van der Waals surface area (Å²) >= 11 is 1.44. The largest absolute Gasteiger partial charge is 0.445 e. The number of piperazine rings is 1. The van der Waals surface area contributed by atoms with Crippen LogP contribution in [0.5, 0.6) is 0 Å². The van der Waals surface area contributed by atoms with Gasteiger partial charge in [-0.3, -0.25) is 9.59 Å². The highest BCUT2D eigenvalue weighted by atomic mass is 32.2. The van der Waals surface area contributed by atoms with E-state index < -0.39 is 0 Å². The van der Waals surface area contributed by atoms with Gasteiger partial charge in [0.05, 0.1) is 26.4 Å². The lowest BCUT2D eigenvalue weighted by Gasteiger charge is -2.34. The molecule has 0 radical (unpaired) electrons. The van der Waals surface area contributed by atoms with Crippen molar-refractivity contribution in [3.8, 4) is 0 Å². The van der Waals surface area contributed by atoms with Crippen LogP contribution in [0.1, 0.15) is 17.0 Å². The summed E-state index contributed by atoms with van der Waals surface area (Å²) in [5.41, 5.74) is 3.23. The predicted molar refractivity (Wildman–Crippen MR) is 125 cm³/mol. The molecule has 1 aliphatic rings. The Morgan fingerprint density at radius 3 is 2.30 bits per heavy atom. The van der Waals surface area contributed by atoms with E-state index in [-0.39, 0.29) is 36.8 Å². The van der Waals surface area contributed by atoms with Gasteiger partial charge in [0.1, 0.15) is 18.0 Å².